The zero-order valence-corrected chi connectivity index (χ0v) is 7.39. The smallest absolute Gasteiger partial charge is 0.742 e. The maximum atomic E-state index is 5.33. The third kappa shape index (κ3) is 2.20. The van der Waals surface area contributed by atoms with E-state index in [1.165, 1.54) is 0 Å². The molecular formula is C4H2AuClOS. The van der Waals surface area contributed by atoms with Gasteiger partial charge in [-0.2, -0.15) is 0 Å². The van der Waals surface area contributed by atoms with Gasteiger partial charge in [-0.1, -0.05) is 0 Å². The first-order valence-electron chi connectivity index (χ1n) is 1.71. The third-order valence-electron chi connectivity index (χ3n) is 0.549. The van der Waals surface area contributed by atoms with E-state index in [2.05, 4.69) is 17.0 Å². The second kappa shape index (κ2) is 3.54. The van der Waals surface area contributed by atoms with Gasteiger partial charge >= 0.3 is 22.4 Å². The fourth-order valence-electron chi connectivity index (χ4n) is 0.298. The molecule has 1 aromatic rings. The van der Waals surface area contributed by atoms with Crippen LogP contribution in [-0.2, 0) is 35.0 Å². The fraction of sp³-hybridized carbons (Fsp3) is 0. The van der Waals surface area contributed by atoms with E-state index in [9.17, 15) is 0 Å². The van der Waals surface area contributed by atoms with E-state index in [-0.39, 0.29) is 22.4 Å². The Hall–Kier alpha value is 0.530. The normalized spacial score (nSPS) is 8.12. The summed E-state index contributed by atoms with van der Waals surface area (Å²) in [5.74, 6) is 0. The number of hydrogen-bond donors (Lipinski definition) is 0. The summed E-state index contributed by atoms with van der Waals surface area (Å²) in [5.41, 5.74) is 0. The molecule has 0 amide bonds. The van der Waals surface area contributed by atoms with E-state index in [1.54, 1.807) is 12.1 Å². The maximum absolute atomic E-state index is 5.33. The first-order valence-corrected chi connectivity index (χ1v) is 2.50. The molecule has 0 aliphatic heterocycles. The van der Waals surface area contributed by atoms with Crippen LogP contribution < -0.4 is 0 Å². The van der Waals surface area contributed by atoms with Crippen molar-refractivity contribution in [3.63, 3.8) is 0 Å². The molecule has 0 unspecified atom stereocenters. The van der Waals surface area contributed by atoms with Crippen LogP contribution in [0.3, 0.4) is 0 Å². The van der Waals surface area contributed by atoms with Gasteiger partial charge in [0.25, 0.3) is 0 Å². The van der Waals surface area contributed by atoms with E-state index in [1.807, 2.05) is 0 Å². The zero-order valence-electron chi connectivity index (χ0n) is 3.65. The van der Waals surface area contributed by atoms with Gasteiger partial charge in [-0.15, -0.1) is 0 Å². The van der Waals surface area contributed by atoms with Gasteiger partial charge in [0, 0.05) is 0 Å². The first-order chi connectivity index (χ1) is 3.29. The molecule has 0 radical (unpaired) electrons. The maximum Gasteiger partial charge on any atom is 1.00 e. The number of hydrogen-bond acceptors (Lipinski definition) is 2. The molecule has 48 valence electrons. The molecule has 0 N–H and O–H groups in total. The Bertz CT molecular complexity index is 148. The van der Waals surface area contributed by atoms with Gasteiger partial charge in [-0.3, -0.25) is 0 Å². The molecule has 1 heterocycles. The molecule has 0 aliphatic rings. The van der Waals surface area contributed by atoms with Crippen LogP contribution in [0.2, 0.25) is 5.22 Å². The Morgan fingerprint density at radius 3 is 2.25 bits per heavy atom. The predicted octanol–water partition coefficient (Wildman–Crippen LogP) is 1.84. The fourth-order valence-corrected chi connectivity index (χ4v) is 0.647. The van der Waals surface area contributed by atoms with Crippen LogP contribution in [0.15, 0.2) is 21.6 Å². The molecule has 0 bridgehead atoms. The molecular weight excluding hydrogens is 329 g/mol. The molecule has 0 saturated carbocycles. The zero-order chi connectivity index (χ0) is 5.28. The van der Waals surface area contributed by atoms with Crippen LogP contribution in [0.1, 0.15) is 0 Å². The largest absolute Gasteiger partial charge is 1.00 e. The van der Waals surface area contributed by atoms with E-state index in [4.69, 9.17) is 11.6 Å². The van der Waals surface area contributed by atoms with Crippen LogP contribution in [0.4, 0.5) is 0 Å². The summed E-state index contributed by atoms with van der Waals surface area (Å²) < 4.78 is 4.66. The van der Waals surface area contributed by atoms with Crippen LogP contribution in [0.25, 0.3) is 0 Å². The molecule has 0 saturated heterocycles. The number of furan rings is 1. The Morgan fingerprint density at radius 2 is 2.12 bits per heavy atom. The molecule has 1 aromatic heterocycles. The van der Waals surface area contributed by atoms with Crippen molar-refractivity contribution in [1.82, 2.24) is 0 Å². The summed E-state index contributed by atoms with van der Waals surface area (Å²) in [5, 5.41) is 0.787. The molecule has 1 rings (SSSR count). The van der Waals surface area contributed by atoms with Crippen molar-refractivity contribution < 1.29 is 26.8 Å². The van der Waals surface area contributed by atoms with Crippen molar-refractivity contribution >= 4 is 24.2 Å². The van der Waals surface area contributed by atoms with Crippen LogP contribution in [-0.4, -0.2) is 0 Å². The minimum absolute atomic E-state index is 0. The summed E-state index contributed by atoms with van der Waals surface area (Å²) in [4.78, 5) is 0. The average molecular weight is 331 g/mol. The van der Waals surface area contributed by atoms with Gasteiger partial charge in [-0.05, 0) is 28.8 Å². The molecule has 0 aromatic carbocycles. The minimum atomic E-state index is 0. The predicted molar refractivity (Wildman–Crippen MR) is 29.3 cm³/mol. The molecule has 0 spiro atoms. The van der Waals surface area contributed by atoms with Crippen molar-refractivity contribution in [3.8, 4) is 0 Å². The summed E-state index contributed by atoms with van der Waals surface area (Å²) in [6, 6.07) is 3.25. The van der Waals surface area contributed by atoms with E-state index in [0.29, 0.717) is 10.3 Å². The van der Waals surface area contributed by atoms with Gasteiger partial charge in [-0.25, -0.2) is 0 Å². The van der Waals surface area contributed by atoms with Gasteiger partial charge in [0.05, 0.1) is 0 Å². The van der Waals surface area contributed by atoms with Crippen molar-refractivity contribution in [2.45, 2.75) is 5.09 Å². The van der Waals surface area contributed by atoms with Gasteiger partial charge < -0.3 is 17.0 Å². The Kier molecular flexibility index (Phi) is 3.77. The molecule has 1 nitrogen and oxygen atoms in total. The topological polar surface area (TPSA) is 13.1 Å². The SMILES string of the molecule is [Au+].[S-]c1ccc(Cl)o1. The molecule has 0 fully saturated rings. The van der Waals surface area contributed by atoms with Crippen LogP contribution in [0.5, 0.6) is 0 Å². The number of rotatable bonds is 0. The summed E-state index contributed by atoms with van der Waals surface area (Å²) in [6.07, 6.45) is 0. The van der Waals surface area contributed by atoms with Crippen LogP contribution >= 0.6 is 11.6 Å². The molecule has 0 aliphatic carbocycles. The second-order valence-corrected chi connectivity index (χ2v) is 1.83. The molecule has 4 heteroatoms. The van der Waals surface area contributed by atoms with Crippen LogP contribution in [0, 0.1) is 0 Å². The average Bonchev–Trinajstić information content (AvgIpc) is 1.87. The third-order valence-corrected chi connectivity index (χ3v) is 0.971. The number of halogens is 1. The van der Waals surface area contributed by atoms with Gasteiger partial charge in [0.15, 0.2) is 5.22 Å². The van der Waals surface area contributed by atoms with Crippen molar-refractivity contribution in [1.29, 1.82) is 0 Å². The Labute approximate surface area is 73.3 Å². The van der Waals surface area contributed by atoms with E-state index in [0.717, 1.165) is 0 Å². The quantitative estimate of drug-likeness (QED) is 0.532. The summed E-state index contributed by atoms with van der Waals surface area (Å²) in [7, 11) is 0. The summed E-state index contributed by atoms with van der Waals surface area (Å²) >= 11 is 9.91. The molecule has 0 atom stereocenters. The van der Waals surface area contributed by atoms with E-state index < -0.39 is 0 Å². The van der Waals surface area contributed by atoms with Crippen molar-refractivity contribution in [3.05, 3.63) is 17.4 Å². The summed E-state index contributed by atoms with van der Waals surface area (Å²) in [6.45, 7) is 0. The van der Waals surface area contributed by atoms with Gasteiger partial charge in [0.2, 0.25) is 0 Å². The van der Waals surface area contributed by atoms with Gasteiger partial charge in [0.1, 0.15) is 0 Å². The van der Waals surface area contributed by atoms with Crippen molar-refractivity contribution in [2.75, 3.05) is 0 Å². The Balaban J connectivity index is 0.000000490. The second-order valence-electron chi connectivity index (χ2n) is 1.06. The standard InChI is InChI=1S/C4H3ClOS.Au/c5-3-1-2-4(7)6-3;/h1-2,7H;/q;+1/p-1. The first kappa shape index (κ1) is 8.53. The molecule has 8 heavy (non-hydrogen) atoms. The Morgan fingerprint density at radius 1 is 1.50 bits per heavy atom. The van der Waals surface area contributed by atoms with E-state index >= 15 is 0 Å². The van der Waals surface area contributed by atoms with Crippen molar-refractivity contribution in [2.24, 2.45) is 0 Å². The monoisotopic (exact) mass is 330 g/mol. The minimum Gasteiger partial charge on any atom is -0.742 e.